The van der Waals surface area contributed by atoms with Gasteiger partial charge in [-0.15, -0.1) is 0 Å². The molecule has 3 nitrogen and oxygen atoms in total. The molecular formula is C16H23NO2. The van der Waals surface area contributed by atoms with Crippen LogP contribution in [-0.4, -0.2) is 37.7 Å². The van der Waals surface area contributed by atoms with Crippen LogP contribution in [0.4, 0.5) is 0 Å². The summed E-state index contributed by atoms with van der Waals surface area (Å²) in [7, 11) is 0. The molecule has 0 unspecified atom stereocenters. The van der Waals surface area contributed by atoms with E-state index in [0.29, 0.717) is 0 Å². The van der Waals surface area contributed by atoms with E-state index in [9.17, 15) is 0 Å². The number of nitrogens with zero attached hydrogens (tertiary/aromatic N) is 1. The lowest BCUT2D eigenvalue weighted by Gasteiger charge is -2.26. The van der Waals surface area contributed by atoms with Gasteiger partial charge in [-0.05, 0) is 50.4 Å². The van der Waals surface area contributed by atoms with Gasteiger partial charge in [0.05, 0.1) is 6.61 Å². The van der Waals surface area contributed by atoms with E-state index < -0.39 is 0 Å². The van der Waals surface area contributed by atoms with Crippen LogP contribution in [-0.2, 0) is 6.42 Å². The zero-order valence-corrected chi connectivity index (χ0v) is 11.6. The first-order valence-electron chi connectivity index (χ1n) is 7.53. The van der Waals surface area contributed by atoms with Crippen molar-refractivity contribution < 1.29 is 9.47 Å². The molecule has 104 valence electrons. The Bertz CT molecular complexity index is 413. The van der Waals surface area contributed by atoms with Gasteiger partial charge >= 0.3 is 0 Å². The molecule has 3 rings (SSSR count). The van der Waals surface area contributed by atoms with Gasteiger partial charge in [0.2, 0.25) is 0 Å². The first kappa shape index (κ1) is 12.8. The summed E-state index contributed by atoms with van der Waals surface area (Å²) in [5, 5.41) is 0. The Morgan fingerprint density at radius 3 is 2.89 bits per heavy atom. The Labute approximate surface area is 115 Å². The molecule has 0 saturated carbocycles. The Balaban J connectivity index is 1.49. The van der Waals surface area contributed by atoms with Crippen LogP contribution < -0.4 is 9.47 Å². The standard InChI is InChI=1S/C16H23NO2/c1-2-8-17(9-3-1)10-12-18-15-7-6-14-5-4-11-19-16(14)13-15/h6-7,13H,1-5,8-12H2. The Hall–Kier alpha value is -1.22. The molecule has 3 heteroatoms. The van der Waals surface area contributed by atoms with E-state index in [1.54, 1.807) is 0 Å². The van der Waals surface area contributed by atoms with E-state index >= 15 is 0 Å². The van der Waals surface area contributed by atoms with Crippen molar-refractivity contribution in [3.8, 4) is 11.5 Å². The third-order valence-corrected chi connectivity index (χ3v) is 4.01. The average Bonchev–Trinajstić information content (AvgIpc) is 2.48. The van der Waals surface area contributed by atoms with Crippen molar-refractivity contribution in [1.82, 2.24) is 4.90 Å². The molecule has 0 amide bonds. The maximum Gasteiger partial charge on any atom is 0.126 e. The van der Waals surface area contributed by atoms with Gasteiger partial charge in [-0.2, -0.15) is 0 Å². The van der Waals surface area contributed by atoms with E-state index in [-0.39, 0.29) is 0 Å². The van der Waals surface area contributed by atoms with Crippen molar-refractivity contribution in [1.29, 1.82) is 0 Å². The highest BCUT2D eigenvalue weighted by molar-refractivity contribution is 5.41. The van der Waals surface area contributed by atoms with Crippen molar-refractivity contribution >= 4 is 0 Å². The second kappa shape index (κ2) is 6.29. The van der Waals surface area contributed by atoms with Gasteiger partial charge in [-0.3, -0.25) is 4.90 Å². The summed E-state index contributed by atoms with van der Waals surface area (Å²) in [6, 6.07) is 6.26. The smallest absolute Gasteiger partial charge is 0.126 e. The highest BCUT2D eigenvalue weighted by Crippen LogP contribution is 2.28. The molecule has 1 aromatic carbocycles. The fraction of sp³-hybridized carbons (Fsp3) is 0.625. The van der Waals surface area contributed by atoms with Crippen LogP contribution in [0.25, 0.3) is 0 Å². The number of likely N-dealkylation sites (tertiary alicyclic amines) is 1. The summed E-state index contributed by atoms with van der Waals surface area (Å²) in [6.07, 6.45) is 6.32. The van der Waals surface area contributed by atoms with Gasteiger partial charge in [0, 0.05) is 12.6 Å². The molecule has 0 aromatic heterocycles. The minimum absolute atomic E-state index is 0.777. The summed E-state index contributed by atoms with van der Waals surface area (Å²) in [5.74, 6) is 1.96. The van der Waals surface area contributed by atoms with Crippen LogP contribution in [0, 0.1) is 0 Å². The molecule has 1 fully saturated rings. The summed E-state index contributed by atoms with van der Waals surface area (Å²) in [4.78, 5) is 2.50. The molecule has 19 heavy (non-hydrogen) atoms. The van der Waals surface area contributed by atoms with Crippen molar-refractivity contribution in [2.75, 3.05) is 32.8 Å². The lowest BCUT2D eigenvalue weighted by molar-refractivity contribution is 0.183. The van der Waals surface area contributed by atoms with E-state index in [4.69, 9.17) is 9.47 Å². The lowest BCUT2D eigenvalue weighted by atomic mass is 10.1. The fourth-order valence-corrected chi connectivity index (χ4v) is 2.89. The van der Waals surface area contributed by atoms with E-state index in [1.165, 1.54) is 37.9 Å². The van der Waals surface area contributed by atoms with E-state index in [0.717, 1.165) is 44.1 Å². The first-order chi connectivity index (χ1) is 9.42. The van der Waals surface area contributed by atoms with Gasteiger partial charge in [0.25, 0.3) is 0 Å². The minimum atomic E-state index is 0.777. The van der Waals surface area contributed by atoms with Crippen LogP contribution in [0.1, 0.15) is 31.2 Å². The normalized spacial score (nSPS) is 19.6. The molecule has 0 radical (unpaired) electrons. The molecule has 2 aliphatic heterocycles. The molecule has 2 heterocycles. The van der Waals surface area contributed by atoms with Crippen molar-refractivity contribution in [3.05, 3.63) is 23.8 Å². The highest BCUT2D eigenvalue weighted by Gasteiger charge is 2.12. The summed E-state index contributed by atoms with van der Waals surface area (Å²) in [5.41, 5.74) is 1.31. The monoisotopic (exact) mass is 261 g/mol. The number of aryl methyl sites for hydroxylation is 1. The number of hydrogen-bond donors (Lipinski definition) is 0. The van der Waals surface area contributed by atoms with Gasteiger partial charge in [0.15, 0.2) is 0 Å². The maximum atomic E-state index is 5.85. The van der Waals surface area contributed by atoms with E-state index in [2.05, 4.69) is 17.0 Å². The van der Waals surface area contributed by atoms with Gasteiger partial charge in [-0.1, -0.05) is 12.5 Å². The molecular weight excluding hydrogens is 238 g/mol. The Morgan fingerprint density at radius 1 is 1.11 bits per heavy atom. The van der Waals surface area contributed by atoms with Gasteiger partial charge in [0.1, 0.15) is 18.1 Å². The Kier molecular flexibility index (Phi) is 4.23. The second-order valence-electron chi connectivity index (χ2n) is 5.47. The van der Waals surface area contributed by atoms with Crippen molar-refractivity contribution in [2.45, 2.75) is 32.1 Å². The van der Waals surface area contributed by atoms with Crippen LogP contribution in [0.2, 0.25) is 0 Å². The van der Waals surface area contributed by atoms with Gasteiger partial charge < -0.3 is 9.47 Å². The van der Waals surface area contributed by atoms with Crippen molar-refractivity contribution in [2.24, 2.45) is 0 Å². The third-order valence-electron chi connectivity index (χ3n) is 4.01. The predicted octanol–water partition coefficient (Wildman–Crippen LogP) is 2.88. The highest BCUT2D eigenvalue weighted by atomic mass is 16.5. The predicted molar refractivity (Wildman–Crippen MR) is 76.0 cm³/mol. The largest absolute Gasteiger partial charge is 0.493 e. The number of piperidine rings is 1. The average molecular weight is 261 g/mol. The van der Waals surface area contributed by atoms with Crippen LogP contribution in [0.3, 0.4) is 0 Å². The fourth-order valence-electron chi connectivity index (χ4n) is 2.89. The molecule has 0 N–H and O–H groups in total. The molecule has 0 atom stereocenters. The molecule has 0 spiro atoms. The number of rotatable bonds is 4. The molecule has 2 aliphatic rings. The zero-order valence-electron chi connectivity index (χ0n) is 11.6. The van der Waals surface area contributed by atoms with Gasteiger partial charge in [-0.25, -0.2) is 0 Å². The molecule has 0 aliphatic carbocycles. The topological polar surface area (TPSA) is 21.7 Å². The molecule has 0 bridgehead atoms. The van der Waals surface area contributed by atoms with Crippen molar-refractivity contribution in [3.63, 3.8) is 0 Å². The number of fused-ring (bicyclic) bond motifs is 1. The number of ether oxygens (including phenoxy) is 2. The number of hydrogen-bond acceptors (Lipinski definition) is 3. The summed E-state index contributed by atoms with van der Waals surface area (Å²) < 4.78 is 11.5. The summed E-state index contributed by atoms with van der Waals surface area (Å²) >= 11 is 0. The zero-order chi connectivity index (χ0) is 12.9. The minimum Gasteiger partial charge on any atom is -0.493 e. The van der Waals surface area contributed by atoms with E-state index in [1.807, 2.05) is 6.07 Å². The van der Waals surface area contributed by atoms with Crippen LogP contribution in [0.15, 0.2) is 18.2 Å². The quantitative estimate of drug-likeness (QED) is 0.832. The molecule has 1 aromatic rings. The first-order valence-corrected chi connectivity index (χ1v) is 7.53. The number of benzene rings is 1. The lowest BCUT2D eigenvalue weighted by Crippen LogP contribution is -2.33. The Morgan fingerprint density at radius 2 is 2.00 bits per heavy atom. The SMILES string of the molecule is c1cc2c(cc1OCCN1CCCCC1)OCCC2. The van der Waals surface area contributed by atoms with Crippen LogP contribution in [0.5, 0.6) is 11.5 Å². The van der Waals surface area contributed by atoms with Crippen LogP contribution >= 0.6 is 0 Å². The summed E-state index contributed by atoms with van der Waals surface area (Å²) in [6.45, 7) is 5.12. The second-order valence-corrected chi connectivity index (χ2v) is 5.47. The maximum absolute atomic E-state index is 5.85. The third kappa shape index (κ3) is 3.41. The molecule has 1 saturated heterocycles.